The van der Waals surface area contributed by atoms with Crippen molar-refractivity contribution in [2.24, 2.45) is 7.05 Å². The van der Waals surface area contributed by atoms with Gasteiger partial charge in [0.15, 0.2) is 0 Å². The van der Waals surface area contributed by atoms with Crippen LogP contribution in [0, 0.1) is 6.92 Å². The Kier molecular flexibility index (Phi) is 4.43. The lowest BCUT2D eigenvalue weighted by atomic mass is 10.2. The van der Waals surface area contributed by atoms with E-state index < -0.39 is 0 Å². The maximum Gasteiger partial charge on any atom is 0.216 e. The highest BCUT2D eigenvalue weighted by molar-refractivity contribution is 5.34. The van der Waals surface area contributed by atoms with Crippen LogP contribution < -0.4 is 10.1 Å². The molecule has 3 rings (SSSR count). The molecule has 0 aliphatic rings. The van der Waals surface area contributed by atoms with Gasteiger partial charge in [-0.1, -0.05) is 12.1 Å². The molecule has 0 saturated heterocycles. The average molecular weight is 311 g/mol. The van der Waals surface area contributed by atoms with E-state index in [0.29, 0.717) is 0 Å². The fourth-order valence-corrected chi connectivity index (χ4v) is 2.66. The lowest BCUT2D eigenvalue weighted by Gasteiger charge is -2.08. The van der Waals surface area contributed by atoms with Crippen LogP contribution >= 0.6 is 0 Å². The number of aryl methyl sites for hydroxylation is 2. The minimum absolute atomic E-state index is 0.726. The number of rotatable bonds is 6. The van der Waals surface area contributed by atoms with E-state index in [1.54, 1.807) is 18.0 Å². The van der Waals surface area contributed by atoms with Crippen molar-refractivity contribution < 1.29 is 4.74 Å². The molecule has 2 heterocycles. The zero-order valence-corrected chi connectivity index (χ0v) is 13.7. The van der Waals surface area contributed by atoms with Gasteiger partial charge in [0.25, 0.3) is 0 Å². The minimum Gasteiger partial charge on any atom is -0.481 e. The number of benzene rings is 1. The summed E-state index contributed by atoms with van der Waals surface area (Å²) in [5.41, 5.74) is 4.37. The van der Waals surface area contributed by atoms with E-state index in [1.165, 1.54) is 5.56 Å². The Balaban J connectivity index is 1.61. The number of methoxy groups -OCH3 is 1. The fraction of sp³-hybridized carbons (Fsp3) is 0.294. The second-order valence-electron chi connectivity index (χ2n) is 5.42. The van der Waals surface area contributed by atoms with Gasteiger partial charge in [-0.05, 0) is 30.7 Å². The molecule has 1 aromatic carbocycles. The number of hydrogen-bond acceptors (Lipinski definition) is 4. The molecule has 0 amide bonds. The number of ether oxygens (including phenoxy) is 1. The molecule has 3 aromatic rings. The van der Waals surface area contributed by atoms with Gasteiger partial charge in [0.2, 0.25) is 5.88 Å². The summed E-state index contributed by atoms with van der Waals surface area (Å²) in [7, 11) is 3.57. The van der Waals surface area contributed by atoms with Gasteiger partial charge in [0, 0.05) is 32.5 Å². The van der Waals surface area contributed by atoms with Gasteiger partial charge in [0.1, 0.15) is 0 Å². The second-order valence-corrected chi connectivity index (χ2v) is 5.42. The molecular weight excluding hydrogens is 290 g/mol. The Hall–Kier alpha value is -2.60. The van der Waals surface area contributed by atoms with Crippen LogP contribution in [0.3, 0.4) is 0 Å². The Labute approximate surface area is 135 Å². The molecule has 6 nitrogen and oxygen atoms in total. The summed E-state index contributed by atoms with van der Waals surface area (Å²) in [6.45, 7) is 3.51. The highest BCUT2D eigenvalue weighted by Gasteiger charge is 2.12. The molecule has 0 aliphatic carbocycles. The molecule has 0 fully saturated rings. The summed E-state index contributed by atoms with van der Waals surface area (Å²) >= 11 is 0. The van der Waals surface area contributed by atoms with Gasteiger partial charge in [0.05, 0.1) is 24.1 Å². The van der Waals surface area contributed by atoms with Gasteiger partial charge < -0.3 is 10.1 Å². The number of aromatic nitrogens is 4. The van der Waals surface area contributed by atoms with Gasteiger partial charge >= 0.3 is 0 Å². The fourth-order valence-electron chi connectivity index (χ4n) is 2.66. The molecule has 2 aromatic heterocycles. The first-order valence-electron chi connectivity index (χ1n) is 7.55. The molecule has 0 atom stereocenters. The van der Waals surface area contributed by atoms with Crippen molar-refractivity contribution in [3.05, 3.63) is 59.5 Å². The molecule has 0 saturated carbocycles. The summed E-state index contributed by atoms with van der Waals surface area (Å²) in [6, 6.07) is 10.3. The zero-order chi connectivity index (χ0) is 16.2. The van der Waals surface area contributed by atoms with Crippen LogP contribution in [0.4, 0.5) is 0 Å². The maximum absolute atomic E-state index is 5.41. The van der Waals surface area contributed by atoms with E-state index in [0.717, 1.165) is 35.9 Å². The molecule has 0 spiro atoms. The van der Waals surface area contributed by atoms with Crippen molar-refractivity contribution in [2.45, 2.75) is 20.0 Å². The molecule has 0 bridgehead atoms. The van der Waals surface area contributed by atoms with Gasteiger partial charge in [-0.3, -0.25) is 0 Å². The highest BCUT2D eigenvalue weighted by Crippen LogP contribution is 2.20. The van der Waals surface area contributed by atoms with Crippen LogP contribution in [-0.4, -0.2) is 26.7 Å². The van der Waals surface area contributed by atoms with E-state index in [-0.39, 0.29) is 0 Å². The lowest BCUT2D eigenvalue weighted by molar-refractivity contribution is 0.368. The molecule has 0 unspecified atom stereocenters. The first-order chi connectivity index (χ1) is 11.2. The highest BCUT2D eigenvalue weighted by atomic mass is 16.5. The maximum atomic E-state index is 5.41. The predicted molar refractivity (Wildman–Crippen MR) is 88.6 cm³/mol. The first kappa shape index (κ1) is 15.3. The van der Waals surface area contributed by atoms with Crippen molar-refractivity contribution in [2.75, 3.05) is 7.11 Å². The Morgan fingerprint density at radius 2 is 1.96 bits per heavy atom. The van der Waals surface area contributed by atoms with E-state index in [4.69, 9.17) is 4.74 Å². The van der Waals surface area contributed by atoms with E-state index in [1.807, 2.05) is 30.9 Å². The van der Waals surface area contributed by atoms with Crippen molar-refractivity contribution in [3.8, 4) is 11.6 Å². The van der Waals surface area contributed by atoms with Crippen LogP contribution in [-0.2, 0) is 20.1 Å². The largest absolute Gasteiger partial charge is 0.481 e. The standard InChI is InChI=1S/C17H21N5O/c1-13-16(17(23-3)21(2)20-13)12-18-11-14-5-7-15(8-6-14)22-10-4-9-19-22/h4-10,18H,11-12H2,1-3H3. The van der Waals surface area contributed by atoms with Crippen molar-refractivity contribution in [1.29, 1.82) is 0 Å². The van der Waals surface area contributed by atoms with Crippen molar-refractivity contribution in [1.82, 2.24) is 24.9 Å². The van der Waals surface area contributed by atoms with E-state index in [9.17, 15) is 0 Å². The summed E-state index contributed by atoms with van der Waals surface area (Å²) < 4.78 is 9.02. The average Bonchev–Trinajstić information content (AvgIpc) is 3.17. The quantitative estimate of drug-likeness (QED) is 0.758. The molecule has 0 aliphatic heterocycles. The number of nitrogens with one attached hydrogen (secondary N) is 1. The summed E-state index contributed by atoms with van der Waals surface area (Å²) in [4.78, 5) is 0. The summed E-state index contributed by atoms with van der Waals surface area (Å²) in [6.07, 6.45) is 3.71. The third-order valence-electron chi connectivity index (χ3n) is 3.82. The lowest BCUT2D eigenvalue weighted by Crippen LogP contribution is -2.14. The predicted octanol–water partition coefficient (Wildman–Crippen LogP) is 2.21. The summed E-state index contributed by atoms with van der Waals surface area (Å²) in [5, 5.41) is 12.1. The van der Waals surface area contributed by atoms with Gasteiger partial charge in [-0.15, -0.1) is 0 Å². The van der Waals surface area contributed by atoms with Crippen LogP contribution in [0.5, 0.6) is 5.88 Å². The third-order valence-corrected chi connectivity index (χ3v) is 3.82. The van der Waals surface area contributed by atoms with Crippen molar-refractivity contribution >= 4 is 0 Å². The van der Waals surface area contributed by atoms with E-state index in [2.05, 4.69) is 39.8 Å². The summed E-state index contributed by atoms with van der Waals surface area (Å²) in [5.74, 6) is 0.809. The number of hydrogen-bond donors (Lipinski definition) is 1. The molecule has 0 radical (unpaired) electrons. The third kappa shape index (κ3) is 3.27. The first-order valence-corrected chi connectivity index (χ1v) is 7.55. The normalized spacial score (nSPS) is 10.9. The molecule has 120 valence electrons. The molecule has 6 heteroatoms. The second kappa shape index (κ2) is 6.66. The van der Waals surface area contributed by atoms with E-state index >= 15 is 0 Å². The van der Waals surface area contributed by atoms with Gasteiger partial charge in [-0.25, -0.2) is 9.36 Å². The Morgan fingerprint density at radius 3 is 2.61 bits per heavy atom. The van der Waals surface area contributed by atoms with Crippen LogP contribution in [0.15, 0.2) is 42.7 Å². The Morgan fingerprint density at radius 1 is 1.17 bits per heavy atom. The molecule has 1 N–H and O–H groups in total. The van der Waals surface area contributed by atoms with Gasteiger partial charge in [-0.2, -0.15) is 10.2 Å². The van der Waals surface area contributed by atoms with Crippen LogP contribution in [0.2, 0.25) is 0 Å². The monoisotopic (exact) mass is 311 g/mol. The SMILES string of the molecule is COc1c(CNCc2ccc(-n3cccn3)cc2)c(C)nn1C. The smallest absolute Gasteiger partial charge is 0.216 e. The van der Waals surface area contributed by atoms with Crippen molar-refractivity contribution in [3.63, 3.8) is 0 Å². The number of nitrogens with zero attached hydrogens (tertiary/aromatic N) is 4. The minimum atomic E-state index is 0.726. The zero-order valence-electron chi connectivity index (χ0n) is 13.7. The van der Waals surface area contributed by atoms with Crippen LogP contribution in [0.25, 0.3) is 5.69 Å². The Bertz CT molecular complexity index is 759. The molecular formula is C17H21N5O. The molecule has 23 heavy (non-hydrogen) atoms. The topological polar surface area (TPSA) is 56.9 Å². The van der Waals surface area contributed by atoms with Crippen LogP contribution in [0.1, 0.15) is 16.8 Å².